The van der Waals surface area contributed by atoms with Crippen molar-refractivity contribution in [1.29, 1.82) is 0 Å². The zero-order valence-corrected chi connectivity index (χ0v) is 14.8. The molecule has 0 unspecified atom stereocenters. The highest BCUT2D eigenvalue weighted by Crippen LogP contribution is 2.37. The molecule has 0 spiro atoms. The Kier molecular flexibility index (Phi) is 4.15. The minimum Gasteiger partial charge on any atom is -0.383 e. The molecule has 0 bridgehead atoms. The number of anilines is 1. The van der Waals surface area contributed by atoms with Crippen molar-refractivity contribution in [2.45, 2.75) is 38.6 Å². The maximum absolute atomic E-state index is 12.0. The first-order valence-corrected chi connectivity index (χ1v) is 9.26. The first-order chi connectivity index (χ1) is 12.5. The molecule has 3 heterocycles. The first kappa shape index (κ1) is 16.6. The first-order valence-electron chi connectivity index (χ1n) is 8.44. The lowest BCUT2D eigenvalue weighted by molar-refractivity contribution is -0.385. The van der Waals surface area contributed by atoms with Gasteiger partial charge in [-0.25, -0.2) is 9.97 Å². The molecule has 3 aromatic rings. The van der Waals surface area contributed by atoms with Crippen LogP contribution in [0.4, 0.5) is 11.5 Å². The molecule has 4 rings (SSSR count). The topological polar surface area (TPSA) is 117 Å². The third-order valence-electron chi connectivity index (χ3n) is 4.63. The number of aromatic nitrogens is 3. The van der Waals surface area contributed by atoms with E-state index >= 15 is 0 Å². The van der Waals surface area contributed by atoms with Crippen molar-refractivity contribution in [2.75, 3.05) is 5.73 Å². The fraction of sp³-hybridized carbons (Fsp3) is 0.353. The Bertz CT molecular complexity index is 1070. The molecule has 1 aliphatic rings. The summed E-state index contributed by atoms with van der Waals surface area (Å²) in [5.41, 5.74) is 6.97. The molecule has 2 N–H and O–H groups in total. The van der Waals surface area contributed by atoms with E-state index < -0.39 is 4.92 Å². The number of hydrogen-bond donors (Lipinski definition) is 1. The van der Waals surface area contributed by atoms with Gasteiger partial charge in [0.25, 0.3) is 11.2 Å². The molecular weight excluding hydrogens is 354 g/mol. The van der Waals surface area contributed by atoms with Crippen LogP contribution >= 0.6 is 11.3 Å². The standard InChI is InChI=1S/C17H17N5O3S/c18-16-15-11-4-2-1-3-5-12(11)26-17(15)20-13(19-16)9-21-8-10(22(24)25)6-7-14(21)23/h6-8H,1-5,9H2,(H2,18,19,20). The number of aryl methyl sites for hydroxylation is 2. The molecule has 0 saturated carbocycles. The number of fused-ring (bicyclic) bond motifs is 3. The molecule has 3 aromatic heterocycles. The highest BCUT2D eigenvalue weighted by atomic mass is 32.1. The van der Waals surface area contributed by atoms with E-state index in [4.69, 9.17) is 5.73 Å². The van der Waals surface area contributed by atoms with Crippen molar-refractivity contribution in [3.8, 4) is 0 Å². The lowest BCUT2D eigenvalue weighted by Crippen LogP contribution is -2.20. The number of nitrogens with zero attached hydrogens (tertiary/aromatic N) is 4. The number of rotatable bonds is 3. The number of hydrogen-bond acceptors (Lipinski definition) is 7. The van der Waals surface area contributed by atoms with Gasteiger partial charge in [0.05, 0.1) is 23.1 Å². The van der Waals surface area contributed by atoms with Gasteiger partial charge >= 0.3 is 0 Å². The van der Waals surface area contributed by atoms with Gasteiger partial charge in [0.2, 0.25) is 0 Å². The van der Waals surface area contributed by atoms with Crippen LogP contribution in [0.25, 0.3) is 10.2 Å². The Morgan fingerprint density at radius 2 is 2.04 bits per heavy atom. The average Bonchev–Trinajstić information content (AvgIpc) is 2.79. The van der Waals surface area contributed by atoms with Gasteiger partial charge in [-0.2, -0.15) is 0 Å². The Morgan fingerprint density at radius 3 is 2.85 bits per heavy atom. The number of nitro groups is 1. The average molecular weight is 371 g/mol. The normalized spacial score (nSPS) is 14.2. The van der Waals surface area contributed by atoms with Gasteiger partial charge in [-0.3, -0.25) is 14.9 Å². The van der Waals surface area contributed by atoms with Crippen LogP contribution in [-0.4, -0.2) is 19.5 Å². The summed E-state index contributed by atoms with van der Waals surface area (Å²) in [5.74, 6) is 0.803. The molecule has 0 fully saturated rings. The third kappa shape index (κ3) is 2.94. The van der Waals surface area contributed by atoms with Gasteiger partial charge < -0.3 is 10.3 Å². The SMILES string of the molecule is Nc1nc(Cn2cc([N+](=O)[O-])ccc2=O)nc2sc3c(c12)CCCCC3. The van der Waals surface area contributed by atoms with Crippen LogP contribution in [0.2, 0.25) is 0 Å². The Hall–Kier alpha value is -2.81. The summed E-state index contributed by atoms with van der Waals surface area (Å²) in [5, 5.41) is 11.9. The van der Waals surface area contributed by atoms with E-state index in [0.29, 0.717) is 11.6 Å². The minimum absolute atomic E-state index is 0.0449. The number of pyridine rings is 1. The summed E-state index contributed by atoms with van der Waals surface area (Å²) >= 11 is 1.64. The summed E-state index contributed by atoms with van der Waals surface area (Å²) in [6.07, 6.45) is 6.77. The van der Waals surface area contributed by atoms with Crippen LogP contribution in [0.3, 0.4) is 0 Å². The molecule has 26 heavy (non-hydrogen) atoms. The second-order valence-corrected chi connectivity index (χ2v) is 7.46. The fourth-order valence-corrected chi connectivity index (χ4v) is 4.67. The second-order valence-electron chi connectivity index (χ2n) is 6.38. The van der Waals surface area contributed by atoms with Crippen LogP contribution in [0.5, 0.6) is 0 Å². The molecule has 8 nitrogen and oxygen atoms in total. The lowest BCUT2D eigenvalue weighted by Gasteiger charge is -2.06. The van der Waals surface area contributed by atoms with Crippen molar-refractivity contribution < 1.29 is 4.92 Å². The van der Waals surface area contributed by atoms with Gasteiger partial charge in [0.15, 0.2) is 5.82 Å². The molecular formula is C17H17N5O3S. The summed E-state index contributed by atoms with van der Waals surface area (Å²) in [4.78, 5) is 33.5. The fourth-order valence-electron chi connectivity index (χ4n) is 3.38. The van der Waals surface area contributed by atoms with Crippen LogP contribution in [0.15, 0.2) is 23.1 Å². The van der Waals surface area contributed by atoms with Gasteiger partial charge in [0.1, 0.15) is 10.6 Å². The van der Waals surface area contributed by atoms with Crippen molar-refractivity contribution in [3.05, 3.63) is 55.1 Å². The van der Waals surface area contributed by atoms with Crippen LogP contribution in [-0.2, 0) is 19.4 Å². The summed E-state index contributed by atoms with van der Waals surface area (Å²) in [6, 6.07) is 2.36. The largest absolute Gasteiger partial charge is 0.383 e. The van der Waals surface area contributed by atoms with E-state index in [-0.39, 0.29) is 17.8 Å². The minimum atomic E-state index is -0.537. The monoisotopic (exact) mass is 371 g/mol. The van der Waals surface area contributed by atoms with Gasteiger partial charge in [-0.05, 0) is 31.2 Å². The third-order valence-corrected chi connectivity index (χ3v) is 5.82. The van der Waals surface area contributed by atoms with E-state index in [1.165, 1.54) is 46.2 Å². The van der Waals surface area contributed by atoms with E-state index in [1.54, 1.807) is 11.3 Å². The second kappa shape index (κ2) is 6.49. The van der Waals surface area contributed by atoms with E-state index in [0.717, 1.165) is 29.5 Å². The Balaban J connectivity index is 1.76. The Labute approximate surface area is 152 Å². The molecule has 0 saturated heterocycles. The maximum Gasteiger partial charge on any atom is 0.285 e. The van der Waals surface area contributed by atoms with Crippen molar-refractivity contribution >= 4 is 33.1 Å². The van der Waals surface area contributed by atoms with E-state index in [1.807, 2.05) is 0 Å². The number of nitrogen functional groups attached to an aromatic ring is 1. The zero-order valence-electron chi connectivity index (χ0n) is 14.0. The van der Waals surface area contributed by atoms with Crippen molar-refractivity contribution in [2.24, 2.45) is 0 Å². The highest BCUT2D eigenvalue weighted by Gasteiger charge is 2.19. The quantitative estimate of drug-likeness (QED) is 0.430. The molecule has 134 valence electrons. The molecule has 9 heteroatoms. The molecule has 1 aliphatic carbocycles. The van der Waals surface area contributed by atoms with E-state index in [2.05, 4.69) is 9.97 Å². The number of thiophene rings is 1. The summed E-state index contributed by atoms with van der Waals surface area (Å²) < 4.78 is 1.23. The van der Waals surface area contributed by atoms with Crippen LogP contribution < -0.4 is 11.3 Å². The summed E-state index contributed by atoms with van der Waals surface area (Å²) in [7, 11) is 0. The molecule has 0 aromatic carbocycles. The smallest absolute Gasteiger partial charge is 0.285 e. The molecule has 0 amide bonds. The van der Waals surface area contributed by atoms with Gasteiger partial charge in [-0.1, -0.05) is 6.42 Å². The maximum atomic E-state index is 12.0. The number of nitrogens with two attached hydrogens (primary N) is 1. The van der Waals surface area contributed by atoms with Crippen molar-refractivity contribution in [1.82, 2.24) is 14.5 Å². The zero-order chi connectivity index (χ0) is 18.3. The van der Waals surface area contributed by atoms with Crippen molar-refractivity contribution in [3.63, 3.8) is 0 Å². The summed E-state index contributed by atoms with van der Waals surface area (Å²) in [6.45, 7) is 0.0449. The van der Waals surface area contributed by atoms with Gasteiger partial charge in [-0.15, -0.1) is 11.3 Å². The molecule has 0 radical (unpaired) electrons. The van der Waals surface area contributed by atoms with Gasteiger partial charge in [0, 0.05) is 17.0 Å². The molecule has 0 atom stereocenters. The Morgan fingerprint density at radius 1 is 1.23 bits per heavy atom. The van der Waals surface area contributed by atoms with Crippen LogP contribution in [0.1, 0.15) is 35.5 Å². The predicted octanol–water partition coefficient (Wildman–Crippen LogP) is 2.66. The molecule has 0 aliphatic heterocycles. The van der Waals surface area contributed by atoms with E-state index in [9.17, 15) is 14.9 Å². The highest BCUT2D eigenvalue weighted by molar-refractivity contribution is 7.19. The lowest BCUT2D eigenvalue weighted by atomic mass is 10.1. The van der Waals surface area contributed by atoms with Crippen LogP contribution in [0, 0.1) is 10.1 Å². The predicted molar refractivity (Wildman–Crippen MR) is 99.5 cm³/mol.